The summed E-state index contributed by atoms with van der Waals surface area (Å²) in [4.78, 5) is 86.7. The quantitative estimate of drug-likeness (QED) is 0.00717. The zero-order valence-corrected chi connectivity index (χ0v) is 59.4. The van der Waals surface area contributed by atoms with Gasteiger partial charge in [0, 0.05) is 22.3 Å². The van der Waals surface area contributed by atoms with Gasteiger partial charge in [0.2, 0.25) is 86.1 Å². The van der Waals surface area contributed by atoms with E-state index in [9.17, 15) is 19.2 Å². The average molecular weight is 1470 g/mol. The number of aromatic nitrogens is 14. The van der Waals surface area contributed by atoms with E-state index in [-0.39, 0.29) is 99.6 Å². The number of nitrogen functional groups attached to an aromatic ring is 4. The van der Waals surface area contributed by atoms with Crippen molar-refractivity contribution in [3.05, 3.63) is 120 Å². The van der Waals surface area contributed by atoms with Crippen LogP contribution in [0.25, 0.3) is 34.2 Å². The predicted octanol–water partition coefficient (Wildman–Crippen LogP) is 9.45. The van der Waals surface area contributed by atoms with Gasteiger partial charge in [0.25, 0.3) is 0 Å². The maximum atomic E-state index is 11.0. The Kier molecular flexibility index (Phi) is 26.9. The van der Waals surface area contributed by atoms with Crippen LogP contribution in [0.15, 0.2) is 111 Å². The summed E-state index contributed by atoms with van der Waals surface area (Å²) in [6.45, 7) is 16.0. The maximum absolute atomic E-state index is 11.0. The molecule has 0 saturated carbocycles. The molecule has 0 aliphatic carbocycles. The number of carbonyl (C=O) groups excluding carboxylic acids is 4. The number of anilines is 8. The van der Waals surface area contributed by atoms with E-state index in [0.29, 0.717) is 111 Å². The summed E-state index contributed by atoms with van der Waals surface area (Å²) >= 11 is 0. The number of hydrogen-bond acceptors (Lipinski definition) is 35. The minimum Gasteiger partial charge on any atom is -0.496 e. The fourth-order valence-corrected chi connectivity index (χ4v) is 9.66. The van der Waals surface area contributed by atoms with E-state index in [1.807, 2.05) is 73.6 Å². The molecule has 11 aromatic rings. The summed E-state index contributed by atoms with van der Waals surface area (Å²) in [5, 5.41) is 33.1. The smallest absolute Gasteiger partial charge is 0.231 e. The fourth-order valence-electron chi connectivity index (χ4n) is 9.66. The highest BCUT2D eigenvalue weighted by atomic mass is 16.5. The van der Waals surface area contributed by atoms with Gasteiger partial charge in [0.15, 0.2) is 52.1 Å². The Hall–Kier alpha value is -14.6. The largest absolute Gasteiger partial charge is 0.496 e. The molecule has 7 heterocycles. The Morgan fingerprint density at radius 2 is 0.729 bits per heavy atom. The number of nitrogens with zero attached hydrogens (tertiary/aromatic N) is 15. The molecular weight excluding hydrogens is 1400 g/mol. The summed E-state index contributed by atoms with van der Waals surface area (Å²) in [5.41, 5.74) is 34.1. The lowest BCUT2D eigenvalue weighted by Gasteiger charge is -2.18. The lowest BCUT2D eigenvalue weighted by molar-refractivity contribution is -0.106. The summed E-state index contributed by atoms with van der Waals surface area (Å²) in [7, 11) is 6.17. The lowest BCUT2D eigenvalue weighted by Crippen LogP contribution is -2.15. The number of oxime groups is 1. The molecule has 0 atom stereocenters. The van der Waals surface area contributed by atoms with E-state index in [1.165, 1.54) is 51.1 Å². The molecule has 4 aromatic carbocycles. The van der Waals surface area contributed by atoms with E-state index in [4.69, 9.17) is 85.3 Å². The van der Waals surface area contributed by atoms with Gasteiger partial charge in [-0.05, 0) is 72.2 Å². The number of methoxy groups -OCH3 is 4. The molecule has 0 spiro atoms. The van der Waals surface area contributed by atoms with Crippen molar-refractivity contribution in [2.45, 2.75) is 79.1 Å². The first-order valence-electron chi connectivity index (χ1n) is 31.7. The molecule has 0 fully saturated rings. The first-order chi connectivity index (χ1) is 51.5. The van der Waals surface area contributed by atoms with Crippen molar-refractivity contribution in [1.82, 2.24) is 70.3 Å². The van der Waals surface area contributed by atoms with Gasteiger partial charge in [0.05, 0.1) is 75.5 Å². The molecule has 0 aliphatic heterocycles. The Morgan fingerprint density at radius 3 is 1.07 bits per heavy atom. The molecule has 0 bridgehead atoms. The zero-order valence-electron chi connectivity index (χ0n) is 59.4. The van der Waals surface area contributed by atoms with Gasteiger partial charge in [-0.1, -0.05) is 76.0 Å². The maximum Gasteiger partial charge on any atom is 0.231 e. The minimum absolute atomic E-state index is 0.0120. The topological polar surface area (TPSA) is 573 Å². The number of nitrogens with two attached hydrogens (primary N) is 5. The van der Waals surface area contributed by atoms with Crippen LogP contribution in [0.5, 0.6) is 69.0 Å². The van der Waals surface area contributed by atoms with Crippen LogP contribution in [0.4, 0.5) is 47.1 Å². The Labute approximate surface area is 608 Å². The molecule has 11 rings (SSSR count). The van der Waals surface area contributed by atoms with Crippen molar-refractivity contribution in [2.24, 2.45) is 10.9 Å². The number of ether oxygens (including phenoxy) is 8. The van der Waals surface area contributed by atoms with Gasteiger partial charge in [-0.15, -0.1) is 0 Å². The van der Waals surface area contributed by atoms with Gasteiger partial charge in [-0.2, -0.15) is 34.9 Å². The fraction of sp³-hybridized carbons (Fsp3) is 0.239. The zero-order chi connectivity index (χ0) is 77.4. The van der Waals surface area contributed by atoms with Crippen molar-refractivity contribution in [1.29, 1.82) is 0 Å². The van der Waals surface area contributed by atoms with Crippen LogP contribution in [0.2, 0.25) is 0 Å². The number of rotatable bonds is 28. The second kappa shape index (κ2) is 36.8. The van der Waals surface area contributed by atoms with Crippen LogP contribution < -0.4 is 87.8 Å². The molecule has 0 aliphatic rings. The van der Waals surface area contributed by atoms with Crippen LogP contribution in [-0.2, 0) is 19.2 Å². The molecule has 0 unspecified atom stereocenters. The number of amides is 4. The average Bonchev–Trinajstić information content (AvgIpc) is 1.59. The highest BCUT2D eigenvalue weighted by Crippen LogP contribution is 2.45. The van der Waals surface area contributed by atoms with Gasteiger partial charge in [-0.3, -0.25) is 29.8 Å². The molecule has 4 amide bonds. The Morgan fingerprint density at radius 1 is 0.402 bits per heavy atom. The minimum atomic E-state index is -0.103. The SMILES string of the molecule is COc1cc(C(C)C)c(Oc2cnc(N)nc2N)cc1/C(N)=N/O.COc1cc(C(C)C)c(Oc2cnc(N)nc2NC=O)cc1-c1ncon1.COc1cc(C(C)C)c(Oc2cnc(NC=O)nc2N)cc1-c1ncon1.COc1cc(C(C)C)c(Oc2cnc(NC=O)nc2NC=O)cc1-c1ncon1. The molecule has 40 heteroatoms. The van der Waals surface area contributed by atoms with Crippen molar-refractivity contribution >= 4 is 78.5 Å². The van der Waals surface area contributed by atoms with E-state index in [0.717, 1.165) is 22.3 Å². The number of hydrogen-bond donors (Lipinski definition) is 10. The third kappa shape index (κ3) is 19.7. The molecule has 0 radical (unpaired) electrons. The summed E-state index contributed by atoms with van der Waals surface area (Å²) < 4.78 is 60.0. The molecular formula is C67H74N24O16. The normalized spacial score (nSPS) is 10.8. The first-order valence-corrected chi connectivity index (χ1v) is 31.7. The highest BCUT2D eigenvalue weighted by Gasteiger charge is 2.25. The molecule has 558 valence electrons. The standard InChI is InChI=1S/C18H18N6O5.2C17H18N6O4.C15H20N6O3/c1-10(2)11-4-13(27-3)12(16-22-9-28-24-16)5-14(11)29-15-6-19-18(21-8-26)23-17(15)20-7-25;1-9(2)10-4-12(25-3)11(16-21-8-26-23-16)5-13(10)27-14-6-19-17(20-7-24)22-15(14)18;1-9(2)10-4-12(25-3)11(15-21-8-26-23-15)5-13(10)27-14-6-19-17(18)22-16(14)20-7-24;1-7(2)8-4-10(23-3)9(13(16)21-22)5-11(8)24-12-6-19-15(18)20-14(12)17/h4-10H,1-3H3,(H2,19,20,21,23,25,26);2*4-9H,1-3H3,(H3,18,19,20,22,24);4-7,22H,1-3H3,(H2,16,21)(H4,17,18,19,20). The number of amidine groups is 1. The molecule has 107 heavy (non-hydrogen) atoms. The molecule has 0 saturated heterocycles. The van der Waals surface area contributed by atoms with E-state index < -0.39 is 0 Å². The number of benzene rings is 4. The first kappa shape index (κ1) is 78.1. The monoisotopic (exact) mass is 1470 g/mol. The van der Waals surface area contributed by atoms with E-state index in [2.05, 4.69) is 96.7 Å². The van der Waals surface area contributed by atoms with Gasteiger partial charge >= 0.3 is 0 Å². The number of nitrogens with one attached hydrogen (secondary N) is 4. The molecule has 15 N–H and O–H groups in total. The van der Waals surface area contributed by atoms with Crippen molar-refractivity contribution < 1.29 is 75.8 Å². The van der Waals surface area contributed by atoms with Gasteiger partial charge in [0.1, 0.15) is 46.0 Å². The second-order valence-electron chi connectivity index (χ2n) is 23.0. The van der Waals surface area contributed by atoms with Crippen LogP contribution in [0.1, 0.15) is 107 Å². The molecule has 40 nitrogen and oxygen atoms in total. The summed E-state index contributed by atoms with van der Waals surface area (Å²) in [6, 6.07) is 14.1. The van der Waals surface area contributed by atoms with Crippen LogP contribution in [-0.4, -0.2) is 135 Å². The third-order valence-electron chi connectivity index (χ3n) is 14.8. The third-order valence-corrected chi connectivity index (χ3v) is 14.8. The predicted molar refractivity (Wildman–Crippen MR) is 386 cm³/mol. The second-order valence-corrected chi connectivity index (χ2v) is 23.0. The summed E-state index contributed by atoms with van der Waals surface area (Å²) in [6.07, 6.45) is 11.0. The van der Waals surface area contributed by atoms with Crippen molar-refractivity contribution in [2.75, 3.05) is 72.6 Å². The van der Waals surface area contributed by atoms with Crippen LogP contribution >= 0.6 is 0 Å². The van der Waals surface area contributed by atoms with Gasteiger partial charge < -0.3 is 96.0 Å². The Balaban J connectivity index is 0.000000180. The van der Waals surface area contributed by atoms with Crippen molar-refractivity contribution in [3.8, 4) is 103 Å². The molecule has 7 aromatic heterocycles. The van der Waals surface area contributed by atoms with E-state index >= 15 is 0 Å². The van der Waals surface area contributed by atoms with Crippen LogP contribution in [0, 0.1) is 0 Å². The Bertz CT molecular complexity index is 4870. The summed E-state index contributed by atoms with van der Waals surface area (Å²) in [5.74, 6) is 7.05. The van der Waals surface area contributed by atoms with E-state index in [1.54, 1.807) is 51.7 Å². The highest BCUT2D eigenvalue weighted by molar-refractivity contribution is 6.00. The lowest BCUT2D eigenvalue weighted by atomic mass is 9.99. The van der Waals surface area contributed by atoms with Crippen molar-refractivity contribution in [3.63, 3.8) is 0 Å². The van der Waals surface area contributed by atoms with Crippen LogP contribution in [0.3, 0.4) is 0 Å². The van der Waals surface area contributed by atoms with Gasteiger partial charge in [-0.25, -0.2) is 19.9 Å². The number of carbonyl (C=O) groups is 4.